The van der Waals surface area contributed by atoms with E-state index in [9.17, 15) is 0 Å². The van der Waals surface area contributed by atoms with E-state index in [-0.39, 0.29) is 11.7 Å². The van der Waals surface area contributed by atoms with Gasteiger partial charge in [-0.3, -0.25) is 0 Å². The Kier molecular flexibility index (Phi) is 3.87. The van der Waals surface area contributed by atoms with Gasteiger partial charge in [-0.15, -0.1) is 0 Å². The number of rotatable bonds is 1. The first kappa shape index (κ1) is 14.1. The summed E-state index contributed by atoms with van der Waals surface area (Å²) in [4.78, 5) is 0. The molecule has 1 saturated heterocycles. The molecule has 1 aliphatic carbocycles. The minimum absolute atomic E-state index is 0.0692. The lowest BCUT2D eigenvalue weighted by atomic mass is 9.77. The van der Waals surface area contributed by atoms with Crippen LogP contribution in [-0.2, 0) is 4.74 Å². The minimum Gasteiger partial charge on any atom is -0.364 e. The molecular formula is C18H27NO. The van der Waals surface area contributed by atoms with Gasteiger partial charge in [0.15, 0.2) is 0 Å². The predicted molar refractivity (Wildman–Crippen MR) is 82.8 cm³/mol. The van der Waals surface area contributed by atoms with Crippen molar-refractivity contribution in [1.29, 1.82) is 0 Å². The van der Waals surface area contributed by atoms with Crippen molar-refractivity contribution in [2.24, 2.45) is 5.92 Å². The van der Waals surface area contributed by atoms with Crippen molar-refractivity contribution in [2.45, 2.75) is 64.2 Å². The Morgan fingerprint density at radius 2 is 1.95 bits per heavy atom. The quantitative estimate of drug-likeness (QED) is 0.835. The van der Waals surface area contributed by atoms with Gasteiger partial charge in [-0.1, -0.05) is 49.6 Å². The smallest absolute Gasteiger partial charge is 0.0983 e. The van der Waals surface area contributed by atoms with Gasteiger partial charge in [-0.05, 0) is 38.2 Å². The first-order valence-corrected chi connectivity index (χ1v) is 8.06. The number of morpholine rings is 1. The van der Waals surface area contributed by atoms with Crippen LogP contribution in [0.15, 0.2) is 24.3 Å². The SMILES string of the molecule is Cc1ccc(C2OC3(CCCC(C)C3)CNC2C)cc1. The molecule has 1 saturated carbocycles. The van der Waals surface area contributed by atoms with E-state index in [2.05, 4.69) is 50.4 Å². The van der Waals surface area contributed by atoms with E-state index >= 15 is 0 Å². The van der Waals surface area contributed by atoms with Crippen LogP contribution >= 0.6 is 0 Å². The van der Waals surface area contributed by atoms with Crippen molar-refractivity contribution in [3.63, 3.8) is 0 Å². The van der Waals surface area contributed by atoms with E-state index in [1.54, 1.807) is 0 Å². The molecule has 1 aliphatic heterocycles. The summed E-state index contributed by atoms with van der Waals surface area (Å²) in [5.41, 5.74) is 2.69. The maximum atomic E-state index is 6.66. The van der Waals surface area contributed by atoms with Crippen molar-refractivity contribution in [1.82, 2.24) is 5.32 Å². The number of nitrogens with one attached hydrogen (secondary N) is 1. The second kappa shape index (κ2) is 5.50. The zero-order valence-electron chi connectivity index (χ0n) is 13.0. The van der Waals surface area contributed by atoms with Crippen LogP contribution in [0.3, 0.4) is 0 Å². The second-order valence-electron chi connectivity index (χ2n) is 7.00. The largest absolute Gasteiger partial charge is 0.364 e. The van der Waals surface area contributed by atoms with Crippen LogP contribution < -0.4 is 5.32 Å². The lowest BCUT2D eigenvalue weighted by Crippen LogP contribution is -2.56. The normalized spacial score (nSPS) is 38.0. The highest BCUT2D eigenvalue weighted by molar-refractivity contribution is 5.25. The van der Waals surface area contributed by atoms with Gasteiger partial charge in [-0.25, -0.2) is 0 Å². The summed E-state index contributed by atoms with van der Waals surface area (Å²) in [6, 6.07) is 9.22. The van der Waals surface area contributed by atoms with E-state index < -0.39 is 0 Å². The first-order valence-electron chi connectivity index (χ1n) is 8.06. The fraction of sp³-hybridized carbons (Fsp3) is 0.667. The van der Waals surface area contributed by atoms with Gasteiger partial charge >= 0.3 is 0 Å². The molecule has 0 bridgehead atoms. The van der Waals surface area contributed by atoms with E-state index in [1.807, 2.05) is 0 Å². The second-order valence-corrected chi connectivity index (χ2v) is 7.00. The summed E-state index contributed by atoms with van der Waals surface area (Å²) in [6.07, 6.45) is 5.26. The van der Waals surface area contributed by atoms with Gasteiger partial charge in [0, 0.05) is 12.6 Å². The summed E-state index contributed by atoms with van der Waals surface area (Å²) >= 11 is 0. The number of benzene rings is 1. The molecule has 2 fully saturated rings. The minimum atomic E-state index is 0.0692. The molecule has 0 aromatic heterocycles. The van der Waals surface area contributed by atoms with E-state index in [1.165, 1.54) is 36.8 Å². The summed E-state index contributed by atoms with van der Waals surface area (Å²) in [5, 5.41) is 3.70. The van der Waals surface area contributed by atoms with Crippen LogP contribution in [-0.4, -0.2) is 18.2 Å². The number of aryl methyl sites for hydroxylation is 1. The Bertz CT molecular complexity index is 455. The molecule has 0 radical (unpaired) electrons. The van der Waals surface area contributed by atoms with Crippen LogP contribution in [0.2, 0.25) is 0 Å². The molecule has 1 heterocycles. The molecule has 4 atom stereocenters. The third kappa shape index (κ3) is 2.77. The summed E-state index contributed by atoms with van der Waals surface area (Å²) in [6.45, 7) is 7.76. The third-order valence-corrected chi connectivity index (χ3v) is 5.03. The Balaban J connectivity index is 1.81. The van der Waals surface area contributed by atoms with Crippen molar-refractivity contribution in [2.75, 3.05) is 6.54 Å². The van der Waals surface area contributed by atoms with E-state index in [0.717, 1.165) is 12.5 Å². The molecule has 2 heteroatoms. The molecule has 110 valence electrons. The summed E-state index contributed by atoms with van der Waals surface area (Å²) < 4.78 is 6.66. The monoisotopic (exact) mass is 273 g/mol. The van der Waals surface area contributed by atoms with Gasteiger partial charge in [0.25, 0.3) is 0 Å². The zero-order chi connectivity index (χ0) is 14.2. The molecule has 0 amide bonds. The number of ether oxygens (including phenoxy) is 1. The van der Waals surface area contributed by atoms with Crippen LogP contribution in [0, 0.1) is 12.8 Å². The van der Waals surface area contributed by atoms with Gasteiger partial charge in [0.05, 0.1) is 11.7 Å². The third-order valence-electron chi connectivity index (χ3n) is 5.03. The van der Waals surface area contributed by atoms with E-state index in [0.29, 0.717) is 6.04 Å². The predicted octanol–water partition coefficient (Wildman–Crippen LogP) is 3.99. The Labute approximate surface area is 122 Å². The summed E-state index contributed by atoms with van der Waals surface area (Å²) in [5.74, 6) is 0.789. The van der Waals surface area contributed by atoms with Crippen LogP contribution in [0.1, 0.15) is 56.8 Å². The highest BCUT2D eigenvalue weighted by Crippen LogP contribution is 2.41. The number of hydrogen-bond acceptors (Lipinski definition) is 2. The fourth-order valence-electron chi connectivity index (χ4n) is 3.86. The molecule has 2 aliphatic rings. The standard InChI is InChI=1S/C18H27NO/c1-13-6-8-16(9-7-13)17-15(3)19-12-18(20-17)10-4-5-14(2)11-18/h6-9,14-15,17,19H,4-5,10-12H2,1-3H3. The van der Waals surface area contributed by atoms with Crippen molar-refractivity contribution in [3.05, 3.63) is 35.4 Å². The van der Waals surface area contributed by atoms with E-state index in [4.69, 9.17) is 4.74 Å². The highest BCUT2D eigenvalue weighted by atomic mass is 16.5. The molecule has 20 heavy (non-hydrogen) atoms. The van der Waals surface area contributed by atoms with Crippen LogP contribution in [0.25, 0.3) is 0 Å². The lowest BCUT2D eigenvalue weighted by molar-refractivity contribution is -0.158. The molecule has 2 nitrogen and oxygen atoms in total. The molecular weight excluding hydrogens is 246 g/mol. The Morgan fingerprint density at radius 1 is 1.20 bits per heavy atom. The van der Waals surface area contributed by atoms with Gasteiger partial charge in [0.2, 0.25) is 0 Å². The van der Waals surface area contributed by atoms with Crippen molar-refractivity contribution >= 4 is 0 Å². The van der Waals surface area contributed by atoms with Crippen LogP contribution in [0.4, 0.5) is 0 Å². The molecule has 3 rings (SSSR count). The summed E-state index contributed by atoms with van der Waals surface area (Å²) in [7, 11) is 0. The Hall–Kier alpha value is -0.860. The maximum absolute atomic E-state index is 6.66. The average Bonchev–Trinajstić information content (AvgIpc) is 2.43. The van der Waals surface area contributed by atoms with Gasteiger partial charge in [0.1, 0.15) is 0 Å². The van der Waals surface area contributed by atoms with Gasteiger partial charge in [-0.2, -0.15) is 0 Å². The topological polar surface area (TPSA) is 21.3 Å². The number of hydrogen-bond donors (Lipinski definition) is 1. The molecule has 1 N–H and O–H groups in total. The van der Waals surface area contributed by atoms with Crippen molar-refractivity contribution < 1.29 is 4.74 Å². The molecule has 4 unspecified atom stereocenters. The lowest BCUT2D eigenvalue weighted by Gasteiger charge is -2.48. The van der Waals surface area contributed by atoms with Crippen molar-refractivity contribution in [3.8, 4) is 0 Å². The van der Waals surface area contributed by atoms with Gasteiger partial charge < -0.3 is 10.1 Å². The average molecular weight is 273 g/mol. The molecule has 1 aromatic rings. The molecule has 1 aromatic carbocycles. The fourth-order valence-corrected chi connectivity index (χ4v) is 3.86. The maximum Gasteiger partial charge on any atom is 0.0983 e. The first-order chi connectivity index (χ1) is 9.58. The molecule has 1 spiro atoms. The highest BCUT2D eigenvalue weighted by Gasteiger charge is 2.42. The zero-order valence-corrected chi connectivity index (χ0v) is 13.0. The van der Waals surface area contributed by atoms with Crippen LogP contribution in [0.5, 0.6) is 0 Å². The Morgan fingerprint density at radius 3 is 2.65 bits per heavy atom.